The van der Waals surface area contributed by atoms with Crippen molar-refractivity contribution in [3.8, 4) is 22.6 Å². The summed E-state index contributed by atoms with van der Waals surface area (Å²) in [5, 5.41) is 2.98. The molecule has 0 spiro atoms. The number of nitrogens with zero attached hydrogens (tertiary/aromatic N) is 4. The molecule has 4 heterocycles. The Balaban J connectivity index is 1.51. The van der Waals surface area contributed by atoms with E-state index < -0.39 is 5.79 Å². The van der Waals surface area contributed by atoms with Crippen LogP contribution in [0.2, 0.25) is 0 Å². The van der Waals surface area contributed by atoms with E-state index >= 15 is 0 Å². The van der Waals surface area contributed by atoms with Crippen molar-refractivity contribution in [3.05, 3.63) is 57.3 Å². The first kappa shape index (κ1) is 30.9. The highest BCUT2D eigenvalue weighted by Crippen LogP contribution is 2.52. The van der Waals surface area contributed by atoms with Crippen molar-refractivity contribution in [1.29, 1.82) is 0 Å². The zero-order chi connectivity index (χ0) is 30.9. The number of likely N-dealkylation sites (tertiary alicyclic amines) is 1. The number of aromatic nitrogens is 3. The largest absolute Gasteiger partial charge is 0.448 e. The van der Waals surface area contributed by atoms with Gasteiger partial charge in [0.1, 0.15) is 0 Å². The molecule has 230 valence electrons. The Morgan fingerprint density at radius 3 is 2.47 bits per heavy atom. The molecule has 2 aromatic heterocycles. The fourth-order valence-electron chi connectivity index (χ4n) is 5.87. The third kappa shape index (κ3) is 6.10. The van der Waals surface area contributed by atoms with Crippen molar-refractivity contribution >= 4 is 23.6 Å². The molecule has 1 atom stereocenters. The number of aryl methyl sites for hydroxylation is 1. The summed E-state index contributed by atoms with van der Waals surface area (Å²) in [6.45, 7) is 13.9. The van der Waals surface area contributed by atoms with Gasteiger partial charge in [0.05, 0.1) is 0 Å². The van der Waals surface area contributed by atoms with E-state index in [9.17, 15) is 9.59 Å². The van der Waals surface area contributed by atoms with Gasteiger partial charge < -0.3 is 29.6 Å². The van der Waals surface area contributed by atoms with E-state index in [-0.39, 0.29) is 23.9 Å². The van der Waals surface area contributed by atoms with Crippen LogP contribution in [0.1, 0.15) is 60.8 Å². The van der Waals surface area contributed by atoms with Gasteiger partial charge in [-0.25, -0.2) is 9.97 Å². The van der Waals surface area contributed by atoms with E-state index in [0.717, 1.165) is 55.2 Å². The Bertz CT molecular complexity index is 1550. The summed E-state index contributed by atoms with van der Waals surface area (Å²) >= 11 is 1.48. The van der Waals surface area contributed by atoms with E-state index in [1.165, 1.54) is 11.8 Å². The number of nitrogens with one attached hydrogen (secondary N) is 2. The smallest absolute Gasteiger partial charge is 0.254 e. The van der Waals surface area contributed by atoms with Crippen molar-refractivity contribution in [1.82, 2.24) is 25.2 Å². The van der Waals surface area contributed by atoms with Gasteiger partial charge in [0.25, 0.3) is 17.3 Å². The number of anilines is 1. The minimum Gasteiger partial charge on any atom is -0.448 e. The second kappa shape index (κ2) is 12.6. The molecule has 5 rings (SSSR count). The van der Waals surface area contributed by atoms with Crippen LogP contribution >= 0.6 is 11.8 Å². The Morgan fingerprint density at radius 2 is 1.84 bits per heavy atom. The monoisotopic (exact) mass is 606 g/mol. The maximum Gasteiger partial charge on any atom is 0.254 e. The predicted molar refractivity (Wildman–Crippen MR) is 170 cm³/mol. The molecule has 2 aliphatic heterocycles. The molecule has 1 aromatic carbocycles. The summed E-state index contributed by atoms with van der Waals surface area (Å²) < 4.78 is 13.4. The highest BCUT2D eigenvalue weighted by Gasteiger charge is 2.47. The number of hydrogen-bond acceptors (Lipinski definition) is 9. The first-order chi connectivity index (χ1) is 20.6. The predicted octanol–water partition coefficient (Wildman–Crippen LogP) is 4.78. The molecule has 2 aliphatic rings. The van der Waals surface area contributed by atoms with Gasteiger partial charge in [-0.2, -0.15) is 0 Å². The maximum absolute atomic E-state index is 13.7. The third-order valence-corrected chi connectivity index (χ3v) is 9.56. The van der Waals surface area contributed by atoms with E-state index in [1.54, 1.807) is 12.4 Å². The van der Waals surface area contributed by atoms with E-state index in [2.05, 4.69) is 32.1 Å². The fraction of sp³-hybridized carbons (Fsp3) is 0.500. The lowest BCUT2D eigenvalue weighted by molar-refractivity contribution is -0.124. The summed E-state index contributed by atoms with van der Waals surface area (Å²) in [4.78, 5) is 43.7. The quantitative estimate of drug-likeness (QED) is 0.333. The average molecular weight is 607 g/mol. The number of pyridine rings is 1. The van der Waals surface area contributed by atoms with Crippen LogP contribution in [0.5, 0.6) is 11.5 Å². The SMILES string of the molecule is CCN1CCC([C@@]2(C)Oc3c(-c4cnc(N(C)CC)nc4)cc(C(=O)NCc4c(SC)cc(C)[nH]c4=O)c(C)c3O2)CC1. The molecule has 1 amide bonds. The number of benzene rings is 1. The number of thioether (sulfide) groups is 1. The number of aromatic amines is 1. The van der Waals surface area contributed by atoms with Gasteiger partial charge in [0.2, 0.25) is 5.95 Å². The molecule has 0 unspecified atom stereocenters. The zero-order valence-corrected chi connectivity index (χ0v) is 27.0. The fourth-order valence-corrected chi connectivity index (χ4v) is 6.58. The zero-order valence-electron chi connectivity index (χ0n) is 26.2. The number of rotatable bonds is 9. The number of ether oxygens (including phenoxy) is 2. The first-order valence-corrected chi connectivity index (χ1v) is 16.2. The number of hydrogen-bond donors (Lipinski definition) is 2. The van der Waals surface area contributed by atoms with Crippen LogP contribution in [0.15, 0.2) is 34.2 Å². The molecule has 3 aromatic rings. The van der Waals surface area contributed by atoms with Crippen molar-refractivity contribution in [2.75, 3.05) is 44.4 Å². The van der Waals surface area contributed by atoms with E-state index in [0.29, 0.717) is 39.7 Å². The van der Waals surface area contributed by atoms with Crippen LogP contribution < -0.4 is 25.2 Å². The second-order valence-corrected chi connectivity index (χ2v) is 12.3. The first-order valence-electron chi connectivity index (χ1n) is 14.9. The summed E-state index contributed by atoms with van der Waals surface area (Å²) in [6.07, 6.45) is 7.36. The number of amides is 1. The van der Waals surface area contributed by atoms with E-state index in [1.807, 2.05) is 58.0 Å². The number of carbonyl (C=O) groups excluding carboxylic acids is 1. The van der Waals surface area contributed by atoms with Gasteiger partial charge in [-0.1, -0.05) is 6.92 Å². The van der Waals surface area contributed by atoms with Crippen LogP contribution in [-0.4, -0.2) is 71.0 Å². The van der Waals surface area contributed by atoms with Crippen LogP contribution in [0.3, 0.4) is 0 Å². The van der Waals surface area contributed by atoms with Crippen LogP contribution in [0.25, 0.3) is 11.1 Å². The molecule has 0 saturated carbocycles. The Kier molecular flexibility index (Phi) is 9.03. The lowest BCUT2D eigenvalue weighted by Crippen LogP contribution is -2.48. The topological polar surface area (TPSA) is 113 Å². The lowest BCUT2D eigenvalue weighted by Gasteiger charge is -2.38. The summed E-state index contributed by atoms with van der Waals surface area (Å²) in [5.41, 5.74) is 3.68. The molecule has 0 aliphatic carbocycles. The Labute approximate surface area is 257 Å². The van der Waals surface area contributed by atoms with Gasteiger partial charge in [-0.05, 0) is 71.6 Å². The van der Waals surface area contributed by atoms with Crippen molar-refractivity contribution in [3.63, 3.8) is 0 Å². The molecule has 11 heteroatoms. The van der Waals surface area contributed by atoms with Gasteiger partial charge in [0, 0.05) is 83.8 Å². The number of fused-ring (bicyclic) bond motifs is 1. The Hall–Kier alpha value is -3.57. The Morgan fingerprint density at radius 1 is 1.16 bits per heavy atom. The number of H-pyrrole nitrogens is 1. The maximum atomic E-state index is 13.7. The number of carbonyl (C=O) groups is 1. The molecular weight excluding hydrogens is 564 g/mol. The number of piperidine rings is 1. The van der Waals surface area contributed by atoms with Crippen LogP contribution in [-0.2, 0) is 6.54 Å². The summed E-state index contributed by atoms with van der Waals surface area (Å²) in [7, 11) is 1.94. The van der Waals surface area contributed by atoms with Crippen LogP contribution in [0.4, 0.5) is 5.95 Å². The molecule has 1 fully saturated rings. The normalized spacial score (nSPS) is 18.6. The summed E-state index contributed by atoms with van der Waals surface area (Å²) in [5.74, 6) is 0.825. The minimum absolute atomic E-state index is 0.0999. The molecular formula is C32H42N6O4S. The minimum atomic E-state index is -0.859. The van der Waals surface area contributed by atoms with Gasteiger partial charge in [-0.15, -0.1) is 11.8 Å². The van der Waals surface area contributed by atoms with Crippen molar-refractivity contribution in [2.45, 2.75) is 64.7 Å². The molecule has 0 bridgehead atoms. The standard InChI is InChI=1S/C32H42N6O4S/c1-8-37(6)31-34-16-21(17-35-31)24-15-23(29(39)33-18-25-26(43-7)14-19(3)36-30(25)40)20(4)27-28(24)42-32(5,41-27)22-10-12-38(9-2)13-11-22/h14-17,22H,8-13,18H2,1-7H3,(H,33,39)(H,36,40)/t32-/m1/s1. The molecule has 43 heavy (non-hydrogen) atoms. The van der Waals surface area contributed by atoms with Crippen molar-refractivity contribution < 1.29 is 14.3 Å². The molecule has 0 radical (unpaired) electrons. The van der Waals surface area contributed by atoms with Crippen molar-refractivity contribution in [2.24, 2.45) is 5.92 Å². The molecule has 1 saturated heterocycles. The van der Waals surface area contributed by atoms with Gasteiger partial charge >= 0.3 is 0 Å². The van der Waals surface area contributed by atoms with Gasteiger partial charge in [-0.3, -0.25) is 9.59 Å². The van der Waals surface area contributed by atoms with E-state index in [4.69, 9.17) is 9.47 Å². The lowest BCUT2D eigenvalue weighted by atomic mass is 9.89. The second-order valence-electron chi connectivity index (χ2n) is 11.5. The highest BCUT2D eigenvalue weighted by molar-refractivity contribution is 7.98. The molecule has 2 N–H and O–H groups in total. The molecule has 10 nitrogen and oxygen atoms in total. The third-order valence-electron chi connectivity index (χ3n) is 8.75. The average Bonchev–Trinajstić information content (AvgIpc) is 3.39. The van der Waals surface area contributed by atoms with Crippen LogP contribution in [0, 0.1) is 19.8 Å². The summed E-state index contributed by atoms with van der Waals surface area (Å²) in [6, 6.07) is 3.75. The van der Waals surface area contributed by atoms with Gasteiger partial charge in [0.15, 0.2) is 11.5 Å². The highest BCUT2D eigenvalue weighted by atomic mass is 32.2.